The fourth-order valence-corrected chi connectivity index (χ4v) is 5.63. The van der Waals surface area contributed by atoms with E-state index in [-0.39, 0.29) is 11.7 Å². The average Bonchev–Trinajstić information content (AvgIpc) is 2.77. The van der Waals surface area contributed by atoms with Crippen LogP contribution in [0.1, 0.15) is 98.8 Å². The van der Waals surface area contributed by atoms with Crippen LogP contribution < -0.4 is 0 Å². The Bertz CT molecular complexity index is 865. The molecule has 0 N–H and O–H groups in total. The first kappa shape index (κ1) is 21.5. The quantitative estimate of drug-likeness (QED) is 0.418. The summed E-state index contributed by atoms with van der Waals surface area (Å²) in [6.07, 6.45) is 11.9. The highest BCUT2D eigenvalue weighted by molar-refractivity contribution is 5.37. The van der Waals surface area contributed by atoms with Gasteiger partial charge in [-0.2, -0.15) is 0 Å². The highest BCUT2D eigenvalue weighted by Crippen LogP contribution is 2.40. The number of hydrogen-bond acceptors (Lipinski definition) is 0. The fourth-order valence-electron chi connectivity index (χ4n) is 5.63. The van der Waals surface area contributed by atoms with E-state index in [1.807, 2.05) is 6.07 Å². The summed E-state index contributed by atoms with van der Waals surface area (Å²) >= 11 is 0. The van der Waals surface area contributed by atoms with Crippen molar-refractivity contribution < 1.29 is 13.2 Å². The van der Waals surface area contributed by atoms with E-state index in [1.54, 1.807) is 12.1 Å². The second-order valence-corrected chi connectivity index (χ2v) is 9.43. The molecule has 2 aliphatic rings. The van der Waals surface area contributed by atoms with Crippen molar-refractivity contribution in [2.45, 2.75) is 89.4 Å². The van der Waals surface area contributed by atoms with Crippen molar-refractivity contribution >= 4 is 0 Å². The van der Waals surface area contributed by atoms with Crippen LogP contribution in [0.15, 0.2) is 30.3 Å². The van der Waals surface area contributed by atoms with E-state index >= 15 is 4.39 Å². The second kappa shape index (κ2) is 9.58. The van der Waals surface area contributed by atoms with Gasteiger partial charge < -0.3 is 0 Å². The molecule has 2 aliphatic carbocycles. The lowest BCUT2D eigenvalue weighted by atomic mass is 9.76. The van der Waals surface area contributed by atoms with Gasteiger partial charge in [0.2, 0.25) is 0 Å². The molecule has 0 radical (unpaired) electrons. The Kier molecular flexibility index (Phi) is 6.85. The smallest absolute Gasteiger partial charge is 0.162 e. The molecule has 30 heavy (non-hydrogen) atoms. The molecule has 1 saturated carbocycles. The van der Waals surface area contributed by atoms with Gasteiger partial charge in [-0.3, -0.25) is 0 Å². The summed E-state index contributed by atoms with van der Waals surface area (Å²) in [5, 5.41) is 0. The number of hydrogen-bond donors (Lipinski definition) is 0. The number of halogens is 3. The highest BCUT2D eigenvalue weighted by Gasteiger charge is 2.27. The Morgan fingerprint density at radius 1 is 0.833 bits per heavy atom. The van der Waals surface area contributed by atoms with Crippen LogP contribution in [0.2, 0.25) is 0 Å². The third kappa shape index (κ3) is 4.60. The van der Waals surface area contributed by atoms with Gasteiger partial charge in [-0.25, -0.2) is 13.2 Å². The number of unbranched alkanes of at least 4 members (excludes halogenated alkanes) is 2. The van der Waals surface area contributed by atoms with Crippen LogP contribution in [0.3, 0.4) is 0 Å². The summed E-state index contributed by atoms with van der Waals surface area (Å²) in [6, 6.07) is 8.57. The van der Waals surface area contributed by atoms with Crippen molar-refractivity contribution in [1.82, 2.24) is 0 Å². The molecule has 1 atom stereocenters. The van der Waals surface area contributed by atoms with E-state index in [0.29, 0.717) is 29.9 Å². The van der Waals surface area contributed by atoms with Gasteiger partial charge >= 0.3 is 0 Å². The Labute approximate surface area is 178 Å². The first-order valence-electron chi connectivity index (χ1n) is 11.8. The molecule has 0 aromatic heterocycles. The molecule has 162 valence electrons. The lowest BCUT2D eigenvalue weighted by Crippen LogP contribution is -2.17. The SMILES string of the molecule is CCCCCC1CCC(c2ccc(C3CCc4ccc(F)c(F)c4C3)c(F)c2)CC1. The van der Waals surface area contributed by atoms with Crippen LogP contribution >= 0.6 is 0 Å². The maximum Gasteiger partial charge on any atom is 0.162 e. The highest BCUT2D eigenvalue weighted by atomic mass is 19.2. The van der Waals surface area contributed by atoms with Crippen LogP contribution in [-0.4, -0.2) is 0 Å². The molecule has 0 nitrogen and oxygen atoms in total. The zero-order valence-corrected chi connectivity index (χ0v) is 18.0. The first-order valence-corrected chi connectivity index (χ1v) is 11.8. The van der Waals surface area contributed by atoms with Crippen molar-refractivity contribution in [3.63, 3.8) is 0 Å². The third-order valence-electron chi connectivity index (χ3n) is 7.50. The molecular formula is C27H33F3. The molecule has 1 fully saturated rings. The van der Waals surface area contributed by atoms with Crippen LogP contribution in [0.5, 0.6) is 0 Å². The molecule has 2 aromatic carbocycles. The van der Waals surface area contributed by atoms with Gasteiger partial charge in [0.15, 0.2) is 11.6 Å². The van der Waals surface area contributed by atoms with Gasteiger partial charge in [-0.15, -0.1) is 0 Å². The Morgan fingerprint density at radius 2 is 1.63 bits per heavy atom. The summed E-state index contributed by atoms with van der Waals surface area (Å²) < 4.78 is 42.9. The normalized spacial score (nSPS) is 23.9. The van der Waals surface area contributed by atoms with Crippen molar-refractivity contribution in [2.75, 3.05) is 0 Å². The molecule has 1 unspecified atom stereocenters. The predicted octanol–water partition coefficient (Wildman–Crippen LogP) is 8.23. The zero-order valence-electron chi connectivity index (χ0n) is 18.0. The fraction of sp³-hybridized carbons (Fsp3) is 0.556. The van der Waals surface area contributed by atoms with E-state index in [2.05, 4.69) is 13.0 Å². The van der Waals surface area contributed by atoms with E-state index in [4.69, 9.17) is 0 Å². The first-order chi connectivity index (χ1) is 14.6. The third-order valence-corrected chi connectivity index (χ3v) is 7.50. The molecule has 0 amide bonds. The van der Waals surface area contributed by atoms with E-state index in [0.717, 1.165) is 36.3 Å². The Balaban J connectivity index is 1.41. The summed E-state index contributed by atoms with van der Waals surface area (Å²) in [5.74, 6) is -0.537. The standard InChI is InChI=1S/C27H33F3/c1-2-3-4-5-18-6-8-19(9-7-18)21-12-14-23(26(29)17-21)22-11-10-20-13-15-25(28)27(30)24(20)16-22/h12-15,17-19,22H,2-11,16H2,1H3. The van der Waals surface area contributed by atoms with Crippen molar-refractivity contribution in [2.24, 2.45) is 5.92 Å². The second-order valence-electron chi connectivity index (χ2n) is 9.43. The molecule has 0 bridgehead atoms. The van der Waals surface area contributed by atoms with E-state index in [9.17, 15) is 8.78 Å². The number of fused-ring (bicyclic) bond motifs is 1. The minimum absolute atomic E-state index is 0.0860. The average molecular weight is 415 g/mol. The Morgan fingerprint density at radius 3 is 2.37 bits per heavy atom. The molecule has 3 heteroatoms. The molecular weight excluding hydrogens is 381 g/mol. The van der Waals surface area contributed by atoms with Gasteiger partial charge in [0.05, 0.1) is 0 Å². The van der Waals surface area contributed by atoms with Crippen LogP contribution in [0, 0.1) is 23.4 Å². The van der Waals surface area contributed by atoms with Crippen molar-refractivity contribution in [3.8, 4) is 0 Å². The largest absolute Gasteiger partial charge is 0.207 e. The monoisotopic (exact) mass is 414 g/mol. The number of benzene rings is 2. The summed E-state index contributed by atoms with van der Waals surface area (Å²) in [7, 11) is 0. The van der Waals surface area contributed by atoms with Gasteiger partial charge in [-0.05, 0) is 97.1 Å². The number of aryl methyl sites for hydroxylation is 1. The molecule has 2 aromatic rings. The molecule has 0 aliphatic heterocycles. The van der Waals surface area contributed by atoms with E-state index < -0.39 is 11.6 Å². The molecule has 4 rings (SSSR count). The zero-order chi connectivity index (χ0) is 21.1. The minimum atomic E-state index is -0.810. The molecule has 0 saturated heterocycles. The molecule has 0 heterocycles. The van der Waals surface area contributed by atoms with Crippen LogP contribution in [0.4, 0.5) is 13.2 Å². The molecule has 0 spiro atoms. The van der Waals surface area contributed by atoms with E-state index in [1.165, 1.54) is 44.6 Å². The summed E-state index contributed by atoms with van der Waals surface area (Å²) in [6.45, 7) is 2.25. The van der Waals surface area contributed by atoms with Gasteiger partial charge in [0, 0.05) is 0 Å². The minimum Gasteiger partial charge on any atom is -0.207 e. The van der Waals surface area contributed by atoms with Crippen molar-refractivity contribution in [3.05, 3.63) is 70.0 Å². The summed E-state index contributed by atoms with van der Waals surface area (Å²) in [5.41, 5.74) is 3.05. The van der Waals surface area contributed by atoms with Gasteiger partial charge in [0.1, 0.15) is 5.82 Å². The maximum absolute atomic E-state index is 15.1. The summed E-state index contributed by atoms with van der Waals surface area (Å²) in [4.78, 5) is 0. The lowest BCUT2D eigenvalue weighted by molar-refractivity contribution is 0.302. The van der Waals surface area contributed by atoms with Crippen molar-refractivity contribution in [1.29, 1.82) is 0 Å². The maximum atomic E-state index is 15.1. The number of rotatable bonds is 6. The predicted molar refractivity (Wildman–Crippen MR) is 116 cm³/mol. The van der Waals surface area contributed by atoms with Gasteiger partial charge in [0.25, 0.3) is 0 Å². The van der Waals surface area contributed by atoms with Gasteiger partial charge in [-0.1, -0.05) is 50.8 Å². The Hall–Kier alpha value is -1.77. The topological polar surface area (TPSA) is 0 Å². The lowest BCUT2D eigenvalue weighted by Gasteiger charge is -2.30. The van der Waals surface area contributed by atoms with Crippen LogP contribution in [0.25, 0.3) is 0 Å². The van der Waals surface area contributed by atoms with Crippen LogP contribution in [-0.2, 0) is 12.8 Å².